The number of hydrogen-bond donors (Lipinski definition) is 1. The van der Waals surface area contributed by atoms with Gasteiger partial charge in [-0.25, -0.2) is 14.8 Å². The van der Waals surface area contributed by atoms with Crippen molar-refractivity contribution in [1.82, 2.24) is 35.4 Å². The Kier molecular flexibility index (Phi) is 8.72. The fraction of sp³-hybridized carbons (Fsp3) is 0.500. The molecule has 2 aromatic heterocycles. The molecule has 1 aliphatic rings. The van der Waals surface area contributed by atoms with Gasteiger partial charge in [-0.3, -0.25) is 0 Å². The van der Waals surface area contributed by atoms with Gasteiger partial charge in [-0.05, 0) is 45.9 Å². The van der Waals surface area contributed by atoms with Gasteiger partial charge in [0, 0.05) is 24.9 Å². The molecule has 7 heteroatoms. The number of hydrogen-bond acceptors (Lipinski definition) is 5. The van der Waals surface area contributed by atoms with E-state index in [0.717, 1.165) is 53.6 Å². The fourth-order valence-electron chi connectivity index (χ4n) is 5.54. The van der Waals surface area contributed by atoms with Crippen LogP contribution in [0.25, 0.3) is 22.5 Å². The third-order valence-corrected chi connectivity index (χ3v) is 7.67. The summed E-state index contributed by atoms with van der Waals surface area (Å²) >= 11 is 0. The third kappa shape index (κ3) is 6.70. The first-order chi connectivity index (χ1) is 18.3. The lowest BCUT2D eigenvalue weighted by molar-refractivity contribution is 0.337. The molecule has 2 aromatic carbocycles. The van der Waals surface area contributed by atoms with E-state index in [-0.39, 0.29) is 0 Å². The van der Waals surface area contributed by atoms with Crippen LogP contribution in [0.15, 0.2) is 48.5 Å². The van der Waals surface area contributed by atoms with E-state index < -0.39 is 0 Å². The van der Waals surface area contributed by atoms with Crippen LogP contribution in [0, 0.1) is 5.92 Å². The second kappa shape index (κ2) is 12.7. The Morgan fingerprint density at radius 1 is 0.919 bits per heavy atom. The highest BCUT2D eigenvalue weighted by atomic mass is 15.5. The zero-order valence-corrected chi connectivity index (χ0v) is 22.1. The Balaban J connectivity index is 1.30. The number of unbranched alkanes of at least 4 members (excludes halogenated alkanes) is 3. The molecule has 0 atom stereocenters. The summed E-state index contributed by atoms with van der Waals surface area (Å²) in [7, 11) is 0. The SMILES string of the molecule is CCCCCCn1nc(CCC2CCCCC2)nc1Cc1ccc(-c2ccccc2-c2nnn[nH]2)cc1. The van der Waals surface area contributed by atoms with E-state index >= 15 is 0 Å². The van der Waals surface area contributed by atoms with Crippen molar-refractivity contribution < 1.29 is 0 Å². The predicted octanol–water partition coefficient (Wildman–Crippen LogP) is 6.81. The topological polar surface area (TPSA) is 85.2 Å². The van der Waals surface area contributed by atoms with Gasteiger partial charge >= 0.3 is 0 Å². The van der Waals surface area contributed by atoms with E-state index in [1.165, 1.54) is 69.8 Å². The smallest absolute Gasteiger partial charge is 0.180 e. The molecule has 0 aliphatic heterocycles. The highest BCUT2D eigenvalue weighted by molar-refractivity contribution is 5.80. The molecule has 0 unspecified atom stereocenters. The number of aromatic nitrogens is 7. The first-order valence-corrected chi connectivity index (χ1v) is 14.1. The monoisotopic (exact) mass is 497 g/mol. The molecular weight excluding hydrogens is 458 g/mol. The summed E-state index contributed by atoms with van der Waals surface area (Å²) in [5.41, 5.74) is 4.50. The summed E-state index contributed by atoms with van der Waals surface area (Å²) in [6.07, 6.45) is 15.0. The number of nitrogens with zero attached hydrogens (tertiary/aromatic N) is 6. The normalized spacial score (nSPS) is 14.3. The maximum atomic E-state index is 5.04. The highest BCUT2D eigenvalue weighted by Gasteiger charge is 2.17. The maximum absolute atomic E-state index is 5.04. The van der Waals surface area contributed by atoms with Crippen molar-refractivity contribution in [3.63, 3.8) is 0 Å². The molecule has 1 saturated carbocycles. The molecule has 194 valence electrons. The maximum Gasteiger partial charge on any atom is 0.180 e. The van der Waals surface area contributed by atoms with Crippen LogP contribution in [-0.4, -0.2) is 35.4 Å². The van der Waals surface area contributed by atoms with E-state index in [0.29, 0.717) is 5.82 Å². The number of rotatable bonds is 12. The third-order valence-electron chi connectivity index (χ3n) is 7.67. The molecule has 4 aromatic rings. The summed E-state index contributed by atoms with van der Waals surface area (Å²) in [6.45, 7) is 3.22. The minimum atomic E-state index is 0.677. The summed E-state index contributed by atoms with van der Waals surface area (Å²) in [6, 6.07) is 17.0. The van der Waals surface area contributed by atoms with Gasteiger partial charge in [0.1, 0.15) is 5.82 Å². The molecule has 37 heavy (non-hydrogen) atoms. The lowest BCUT2D eigenvalue weighted by atomic mass is 9.86. The largest absolute Gasteiger partial charge is 0.249 e. The Hall–Kier alpha value is -3.35. The molecule has 2 heterocycles. The van der Waals surface area contributed by atoms with E-state index in [4.69, 9.17) is 10.1 Å². The molecule has 0 amide bonds. The second-order valence-corrected chi connectivity index (χ2v) is 10.4. The zero-order valence-electron chi connectivity index (χ0n) is 22.1. The lowest BCUT2D eigenvalue weighted by Gasteiger charge is -2.20. The van der Waals surface area contributed by atoms with Crippen LogP contribution >= 0.6 is 0 Å². The van der Waals surface area contributed by atoms with E-state index in [9.17, 15) is 0 Å². The van der Waals surface area contributed by atoms with Crippen LogP contribution in [-0.2, 0) is 19.4 Å². The number of aromatic amines is 1. The van der Waals surface area contributed by atoms with Gasteiger partial charge in [0.25, 0.3) is 0 Å². The number of benzene rings is 2. The molecule has 1 fully saturated rings. The molecule has 0 saturated heterocycles. The molecule has 5 rings (SSSR count). The first kappa shape index (κ1) is 25.3. The average Bonchev–Trinajstić information content (AvgIpc) is 3.62. The molecule has 0 spiro atoms. The van der Waals surface area contributed by atoms with Gasteiger partial charge < -0.3 is 0 Å². The quantitative estimate of drug-likeness (QED) is 0.217. The minimum Gasteiger partial charge on any atom is -0.249 e. The molecule has 1 N–H and O–H groups in total. The Bertz CT molecular complexity index is 1220. The second-order valence-electron chi connectivity index (χ2n) is 10.4. The van der Waals surface area contributed by atoms with E-state index in [2.05, 4.69) is 62.6 Å². The predicted molar refractivity (Wildman–Crippen MR) is 147 cm³/mol. The fourth-order valence-corrected chi connectivity index (χ4v) is 5.54. The van der Waals surface area contributed by atoms with Crippen LogP contribution in [0.2, 0.25) is 0 Å². The number of H-pyrrole nitrogens is 1. The standard InChI is InChI=1S/C30H39N7/c1-2-3-4-10-21-37-29(31-28(34-37)20-17-23-11-6-5-7-12-23)22-24-15-18-25(19-16-24)26-13-8-9-14-27(26)30-32-35-36-33-30/h8-9,13-16,18-19,23H,2-7,10-12,17,20-22H2,1H3,(H,32,33,35,36). The van der Waals surface area contributed by atoms with Crippen LogP contribution in [0.4, 0.5) is 0 Å². The summed E-state index contributed by atoms with van der Waals surface area (Å²) < 4.78 is 2.19. The van der Waals surface area contributed by atoms with Gasteiger partial charge in [0.15, 0.2) is 11.6 Å². The van der Waals surface area contributed by atoms with Crippen molar-refractivity contribution in [3.05, 3.63) is 65.7 Å². The number of nitrogens with one attached hydrogen (secondary N) is 1. The van der Waals surface area contributed by atoms with Crippen molar-refractivity contribution >= 4 is 0 Å². The molecule has 7 nitrogen and oxygen atoms in total. The van der Waals surface area contributed by atoms with E-state index in [1.807, 2.05) is 18.2 Å². The summed E-state index contributed by atoms with van der Waals surface area (Å²) in [5, 5.41) is 19.4. The number of aryl methyl sites for hydroxylation is 2. The van der Waals surface area contributed by atoms with Crippen LogP contribution in [0.1, 0.15) is 88.3 Å². The van der Waals surface area contributed by atoms with Crippen molar-refractivity contribution in [2.45, 2.75) is 90.5 Å². The van der Waals surface area contributed by atoms with Crippen LogP contribution in [0.5, 0.6) is 0 Å². The van der Waals surface area contributed by atoms with E-state index in [1.54, 1.807) is 0 Å². The molecule has 1 aliphatic carbocycles. The van der Waals surface area contributed by atoms with Crippen molar-refractivity contribution in [2.75, 3.05) is 0 Å². The zero-order chi connectivity index (χ0) is 25.3. The van der Waals surface area contributed by atoms with Gasteiger partial charge in [0.05, 0.1) is 0 Å². The Morgan fingerprint density at radius 3 is 2.49 bits per heavy atom. The minimum absolute atomic E-state index is 0.677. The van der Waals surface area contributed by atoms with Crippen molar-refractivity contribution in [1.29, 1.82) is 0 Å². The lowest BCUT2D eigenvalue weighted by Crippen LogP contribution is -2.08. The Morgan fingerprint density at radius 2 is 1.73 bits per heavy atom. The number of tetrazole rings is 1. The molecular formula is C30H39N7. The summed E-state index contributed by atoms with van der Waals surface area (Å²) in [4.78, 5) is 5.04. The van der Waals surface area contributed by atoms with Crippen LogP contribution in [0.3, 0.4) is 0 Å². The Labute approximate surface area is 220 Å². The van der Waals surface area contributed by atoms with Crippen molar-refractivity contribution in [2.24, 2.45) is 5.92 Å². The van der Waals surface area contributed by atoms with Gasteiger partial charge in [-0.1, -0.05) is 107 Å². The van der Waals surface area contributed by atoms with Gasteiger partial charge in [-0.2, -0.15) is 5.10 Å². The summed E-state index contributed by atoms with van der Waals surface area (Å²) in [5.74, 6) is 3.66. The molecule has 0 bridgehead atoms. The van der Waals surface area contributed by atoms with Gasteiger partial charge in [-0.15, -0.1) is 5.10 Å². The highest BCUT2D eigenvalue weighted by Crippen LogP contribution is 2.30. The first-order valence-electron chi connectivity index (χ1n) is 14.1. The van der Waals surface area contributed by atoms with Crippen LogP contribution < -0.4 is 0 Å². The van der Waals surface area contributed by atoms with Crippen molar-refractivity contribution in [3.8, 4) is 22.5 Å². The van der Waals surface area contributed by atoms with Gasteiger partial charge in [0.2, 0.25) is 0 Å². The average molecular weight is 498 g/mol. The molecule has 0 radical (unpaired) electrons.